The Kier molecular flexibility index (Phi) is 5.33. The third-order valence-electron chi connectivity index (χ3n) is 3.52. The highest BCUT2D eigenvalue weighted by molar-refractivity contribution is 5.27. The highest BCUT2D eigenvalue weighted by Crippen LogP contribution is 2.17. The first-order valence-corrected chi connectivity index (χ1v) is 7.32. The lowest BCUT2D eigenvalue weighted by molar-refractivity contribution is 0.174. The van der Waals surface area contributed by atoms with E-state index in [4.69, 9.17) is 9.26 Å². The van der Waals surface area contributed by atoms with E-state index in [-0.39, 0.29) is 6.04 Å². The summed E-state index contributed by atoms with van der Waals surface area (Å²) in [5.41, 5.74) is 1.20. The molecule has 0 fully saturated rings. The number of hydrogen-bond acceptors (Lipinski definition) is 5. The fourth-order valence-electron chi connectivity index (χ4n) is 1.98. The zero-order valence-electron chi connectivity index (χ0n) is 13.2. The van der Waals surface area contributed by atoms with Crippen LogP contribution in [0.1, 0.15) is 37.2 Å². The highest BCUT2D eigenvalue weighted by Gasteiger charge is 2.18. The summed E-state index contributed by atoms with van der Waals surface area (Å²) in [6.45, 7) is 7.54. The monoisotopic (exact) mass is 289 g/mol. The lowest BCUT2D eigenvalue weighted by atomic mass is 10.2. The van der Waals surface area contributed by atoms with Crippen LogP contribution in [-0.2, 0) is 6.42 Å². The second kappa shape index (κ2) is 7.22. The van der Waals surface area contributed by atoms with Crippen LogP contribution in [0.2, 0.25) is 0 Å². The van der Waals surface area contributed by atoms with E-state index in [9.17, 15) is 0 Å². The van der Waals surface area contributed by atoms with Crippen molar-refractivity contribution in [2.24, 2.45) is 0 Å². The van der Waals surface area contributed by atoms with Gasteiger partial charge in [-0.25, -0.2) is 0 Å². The zero-order chi connectivity index (χ0) is 15.2. The molecule has 0 amide bonds. The Bertz CT molecular complexity index is 568. The summed E-state index contributed by atoms with van der Waals surface area (Å²) in [6.07, 6.45) is 0.788. The molecule has 114 valence electrons. The van der Waals surface area contributed by atoms with Gasteiger partial charge in [-0.05, 0) is 38.6 Å². The van der Waals surface area contributed by atoms with E-state index < -0.39 is 0 Å². The number of hydrogen-bond donors (Lipinski definition) is 0. The Balaban J connectivity index is 1.82. The number of aromatic nitrogens is 2. The molecule has 1 heterocycles. The molecule has 1 atom stereocenters. The summed E-state index contributed by atoms with van der Waals surface area (Å²) in [7, 11) is 2.03. The molecule has 5 nitrogen and oxygen atoms in total. The Hall–Kier alpha value is -1.88. The van der Waals surface area contributed by atoms with E-state index in [1.807, 2.05) is 32.2 Å². The second-order valence-electron chi connectivity index (χ2n) is 5.22. The molecule has 1 aromatic carbocycles. The number of nitrogens with zero attached hydrogens (tertiary/aromatic N) is 3. The lowest BCUT2D eigenvalue weighted by Crippen LogP contribution is -2.27. The van der Waals surface area contributed by atoms with Gasteiger partial charge in [0.2, 0.25) is 5.89 Å². The fourth-order valence-corrected chi connectivity index (χ4v) is 1.98. The molecule has 0 spiro atoms. The molecule has 0 unspecified atom stereocenters. The highest BCUT2D eigenvalue weighted by atomic mass is 16.5. The second-order valence-corrected chi connectivity index (χ2v) is 5.22. The molecule has 0 aliphatic rings. The minimum atomic E-state index is 0.0823. The zero-order valence-corrected chi connectivity index (χ0v) is 13.2. The average Bonchev–Trinajstić information content (AvgIpc) is 2.95. The predicted molar refractivity (Wildman–Crippen MR) is 81.4 cm³/mol. The van der Waals surface area contributed by atoms with Gasteiger partial charge in [-0.15, -0.1) is 0 Å². The number of ether oxygens (including phenoxy) is 1. The summed E-state index contributed by atoms with van der Waals surface area (Å²) in [5.74, 6) is 2.31. The maximum atomic E-state index is 5.76. The molecule has 0 radical (unpaired) electrons. The molecule has 0 N–H and O–H groups in total. The van der Waals surface area contributed by atoms with Gasteiger partial charge >= 0.3 is 0 Å². The van der Waals surface area contributed by atoms with Crippen molar-refractivity contribution in [3.63, 3.8) is 0 Å². The molecule has 0 saturated heterocycles. The quantitative estimate of drug-likeness (QED) is 0.784. The van der Waals surface area contributed by atoms with Crippen LogP contribution in [0.25, 0.3) is 0 Å². The molecule has 0 aliphatic carbocycles. The van der Waals surface area contributed by atoms with Crippen LogP contribution in [-0.4, -0.2) is 35.2 Å². The van der Waals surface area contributed by atoms with Crippen molar-refractivity contribution in [2.75, 3.05) is 20.2 Å². The van der Waals surface area contributed by atoms with Gasteiger partial charge in [0.1, 0.15) is 12.4 Å². The SMILES string of the molecule is CCc1noc([C@@H](C)N(C)CCOc2cccc(C)c2)n1. The first kappa shape index (κ1) is 15.5. The summed E-state index contributed by atoms with van der Waals surface area (Å²) in [6, 6.07) is 8.15. The Labute approximate surface area is 125 Å². The molecule has 0 saturated carbocycles. The maximum absolute atomic E-state index is 5.76. The van der Waals surface area contributed by atoms with E-state index in [0.29, 0.717) is 12.5 Å². The van der Waals surface area contributed by atoms with Gasteiger partial charge in [0.15, 0.2) is 5.82 Å². The molecule has 1 aromatic heterocycles. The largest absolute Gasteiger partial charge is 0.492 e. The number of benzene rings is 1. The van der Waals surface area contributed by atoms with Gasteiger partial charge in [-0.3, -0.25) is 4.90 Å². The Morgan fingerprint density at radius 2 is 2.19 bits per heavy atom. The van der Waals surface area contributed by atoms with Gasteiger partial charge < -0.3 is 9.26 Å². The van der Waals surface area contributed by atoms with Crippen molar-refractivity contribution in [3.05, 3.63) is 41.5 Å². The van der Waals surface area contributed by atoms with Crippen LogP contribution in [0.3, 0.4) is 0 Å². The molecule has 2 aromatic rings. The van der Waals surface area contributed by atoms with Crippen LogP contribution in [0.15, 0.2) is 28.8 Å². The number of rotatable bonds is 7. The normalized spacial score (nSPS) is 12.6. The van der Waals surface area contributed by atoms with Crippen LogP contribution in [0, 0.1) is 6.92 Å². The van der Waals surface area contributed by atoms with Crippen LogP contribution in [0.5, 0.6) is 5.75 Å². The smallest absolute Gasteiger partial charge is 0.243 e. The van der Waals surface area contributed by atoms with Gasteiger partial charge in [0, 0.05) is 13.0 Å². The van der Waals surface area contributed by atoms with Crippen molar-refractivity contribution >= 4 is 0 Å². The minimum Gasteiger partial charge on any atom is -0.492 e. The Morgan fingerprint density at radius 1 is 1.38 bits per heavy atom. The van der Waals surface area contributed by atoms with Crippen molar-refractivity contribution < 1.29 is 9.26 Å². The van der Waals surface area contributed by atoms with Gasteiger partial charge in [-0.1, -0.05) is 24.2 Å². The molecule has 0 bridgehead atoms. The molecular formula is C16H23N3O2. The van der Waals surface area contributed by atoms with E-state index in [2.05, 4.69) is 35.0 Å². The lowest BCUT2D eigenvalue weighted by Gasteiger charge is -2.21. The van der Waals surface area contributed by atoms with E-state index in [1.54, 1.807) is 0 Å². The number of aryl methyl sites for hydroxylation is 2. The fraction of sp³-hybridized carbons (Fsp3) is 0.500. The van der Waals surface area contributed by atoms with Crippen molar-refractivity contribution in [3.8, 4) is 5.75 Å². The summed E-state index contributed by atoms with van der Waals surface area (Å²) >= 11 is 0. The third kappa shape index (κ3) is 4.29. The number of likely N-dealkylation sites (N-methyl/N-ethyl adjacent to an activating group) is 1. The third-order valence-corrected chi connectivity index (χ3v) is 3.52. The van der Waals surface area contributed by atoms with Crippen LogP contribution >= 0.6 is 0 Å². The molecule has 2 rings (SSSR count). The van der Waals surface area contributed by atoms with Gasteiger partial charge in [0.05, 0.1) is 6.04 Å². The standard InChI is InChI=1S/C16H23N3O2/c1-5-15-17-16(21-18-15)13(3)19(4)9-10-20-14-8-6-7-12(2)11-14/h6-8,11,13H,5,9-10H2,1-4H3/t13-/m1/s1. The summed E-state index contributed by atoms with van der Waals surface area (Å²) in [4.78, 5) is 6.51. The van der Waals surface area contributed by atoms with Crippen molar-refractivity contribution in [1.29, 1.82) is 0 Å². The van der Waals surface area contributed by atoms with Crippen molar-refractivity contribution in [2.45, 2.75) is 33.2 Å². The molecule has 5 heteroatoms. The summed E-state index contributed by atoms with van der Waals surface area (Å²) < 4.78 is 11.0. The van der Waals surface area contributed by atoms with E-state index in [1.165, 1.54) is 5.56 Å². The molecule has 0 aliphatic heterocycles. The van der Waals surface area contributed by atoms with Gasteiger partial charge in [-0.2, -0.15) is 4.98 Å². The maximum Gasteiger partial charge on any atom is 0.243 e. The van der Waals surface area contributed by atoms with Crippen LogP contribution < -0.4 is 4.74 Å². The van der Waals surface area contributed by atoms with E-state index >= 15 is 0 Å². The first-order valence-electron chi connectivity index (χ1n) is 7.32. The molecule has 21 heavy (non-hydrogen) atoms. The summed E-state index contributed by atoms with van der Waals surface area (Å²) in [5, 5.41) is 3.93. The molecular weight excluding hydrogens is 266 g/mol. The average molecular weight is 289 g/mol. The van der Waals surface area contributed by atoms with Crippen molar-refractivity contribution in [1.82, 2.24) is 15.0 Å². The Morgan fingerprint density at radius 3 is 2.86 bits per heavy atom. The first-order chi connectivity index (χ1) is 10.1. The minimum absolute atomic E-state index is 0.0823. The van der Waals surface area contributed by atoms with Gasteiger partial charge in [0.25, 0.3) is 0 Å². The van der Waals surface area contributed by atoms with E-state index in [0.717, 1.165) is 24.5 Å². The van der Waals surface area contributed by atoms with Crippen LogP contribution in [0.4, 0.5) is 0 Å². The predicted octanol–water partition coefficient (Wildman–Crippen LogP) is 3.01. The topological polar surface area (TPSA) is 51.4 Å².